The number of hydrogen-bond donors (Lipinski definition) is 3. The van der Waals surface area contributed by atoms with Crippen LogP contribution in [0, 0.1) is 11.3 Å². The first-order valence-electron chi connectivity index (χ1n) is 6.05. The zero-order valence-corrected chi connectivity index (χ0v) is 14.8. The van der Waals surface area contributed by atoms with Crippen LogP contribution in [-0.4, -0.2) is 28.1 Å². The van der Waals surface area contributed by atoms with Crippen LogP contribution in [0.1, 0.15) is 6.92 Å². The van der Waals surface area contributed by atoms with Crippen LogP contribution in [0.2, 0.25) is 0 Å². The zero-order chi connectivity index (χ0) is 15.8. The summed E-state index contributed by atoms with van der Waals surface area (Å²) in [5, 5.41) is 12.9. The minimum atomic E-state index is -0.241. The molecule has 1 aromatic heterocycles. The first-order valence-corrected chi connectivity index (χ1v) is 8.62. The number of carbonyl (C=O) groups is 1. The van der Waals surface area contributed by atoms with Crippen molar-refractivity contribution in [3.63, 3.8) is 0 Å². The summed E-state index contributed by atoms with van der Waals surface area (Å²) in [4.78, 5) is 16.0. The van der Waals surface area contributed by atoms with Gasteiger partial charge in [-0.25, -0.2) is 0 Å². The molecule has 0 saturated carbocycles. The fourth-order valence-electron chi connectivity index (χ4n) is 1.38. The minimum absolute atomic E-state index is 0.160. The van der Waals surface area contributed by atoms with Crippen LogP contribution in [0.5, 0.6) is 0 Å². The Morgan fingerprint density at radius 2 is 2.33 bits per heavy atom. The van der Waals surface area contributed by atoms with E-state index in [-0.39, 0.29) is 22.7 Å². The Morgan fingerprint density at radius 3 is 2.90 bits per heavy atom. The molecule has 5 nitrogen and oxygen atoms in total. The number of nitrogens with one attached hydrogen (secondary N) is 3. The van der Waals surface area contributed by atoms with Gasteiger partial charge in [0.1, 0.15) is 5.17 Å². The number of carbonyl (C=O) groups excluding carboxylic acids is 1. The summed E-state index contributed by atoms with van der Waals surface area (Å²) in [5.41, 5.74) is 0.931. The molecule has 1 rings (SSSR count). The highest BCUT2D eigenvalue weighted by Crippen LogP contribution is 2.14. The molecule has 1 atom stereocenters. The van der Waals surface area contributed by atoms with E-state index in [2.05, 4.69) is 31.5 Å². The van der Waals surface area contributed by atoms with Gasteiger partial charge < -0.3 is 10.6 Å². The van der Waals surface area contributed by atoms with Gasteiger partial charge in [0, 0.05) is 28.5 Å². The molecule has 0 aromatic carbocycles. The molecule has 0 aliphatic carbocycles. The largest absolute Gasteiger partial charge is 0.358 e. The molecule has 8 heteroatoms. The summed E-state index contributed by atoms with van der Waals surface area (Å²) < 4.78 is 0.820. The second-order valence-corrected chi connectivity index (χ2v) is 6.46. The van der Waals surface area contributed by atoms with Crippen LogP contribution in [0.4, 0.5) is 5.69 Å². The van der Waals surface area contributed by atoms with E-state index in [0.717, 1.165) is 4.47 Å². The molecule has 0 saturated heterocycles. The molecule has 1 aromatic rings. The summed E-state index contributed by atoms with van der Waals surface area (Å²) in [5.74, 6) is 0.375. The summed E-state index contributed by atoms with van der Waals surface area (Å²) in [6, 6.07) is 1.82. The molecule has 0 spiro atoms. The van der Waals surface area contributed by atoms with Crippen LogP contribution in [0.25, 0.3) is 0 Å². The van der Waals surface area contributed by atoms with Crippen molar-refractivity contribution in [3.05, 3.63) is 34.8 Å². The predicted molar refractivity (Wildman–Crippen MR) is 92.9 cm³/mol. The molecule has 1 unspecified atom stereocenters. The van der Waals surface area contributed by atoms with Gasteiger partial charge >= 0.3 is 0 Å². The van der Waals surface area contributed by atoms with E-state index < -0.39 is 0 Å². The molecule has 0 aliphatic rings. The summed E-state index contributed by atoms with van der Waals surface area (Å²) in [7, 11) is 0. The van der Waals surface area contributed by atoms with Gasteiger partial charge in [-0.15, -0.1) is 0 Å². The third kappa shape index (κ3) is 6.50. The predicted octanol–water partition coefficient (Wildman–Crippen LogP) is 3.43. The minimum Gasteiger partial charge on any atom is -0.358 e. The highest BCUT2D eigenvalue weighted by atomic mass is 79.9. The SMILES string of the molecule is CSCC(C)C(=O)N/C(=C/Nc1cncc(Br)c1)C(=N)Cl. The molecule has 21 heavy (non-hydrogen) atoms. The molecule has 1 heterocycles. The smallest absolute Gasteiger partial charge is 0.228 e. The van der Waals surface area contributed by atoms with Crippen molar-refractivity contribution in [2.45, 2.75) is 6.92 Å². The van der Waals surface area contributed by atoms with Gasteiger partial charge in [0.25, 0.3) is 0 Å². The van der Waals surface area contributed by atoms with Crippen LogP contribution < -0.4 is 10.6 Å². The lowest BCUT2D eigenvalue weighted by Crippen LogP contribution is -2.32. The van der Waals surface area contributed by atoms with Crippen LogP contribution in [-0.2, 0) is 4.79 Å². The summed E-state index contributed by atoms with van der Waals surface area (Å²) in [6.45, 7) is 1.83. The maximum absolute atomic E-state index is 11.9. The second kappa shape index (κ2) is 9.07. The van der Waals surface area contributed by atoms with Gasteiger partial charge in [-0.3, -0.25) is 15.2 Å². The van der Waals surface area contributed by atoms with Gasteiger partial charge in [-0.05, 0) is 28.3 Å². The van der Waals surface area contributed by atoms with Gasteiger partial charge in [-0.2, -0.15) is 11.8 Å². The van der Waals surface area contributed by atoms with E-state index in [4.69, 9.17) is 17.0 Å². The highest BCUT2D eigenvalue weighted by Gasteiger charge is 2.15. The number of pyridine rings is 1. The highest BCUT2D eigenvalue weighted by molar-refractivity contribution is 9.10. The fourth-order valence-corrected chi connectivity index (χ4v) is 2.50. The number of thioether (sulfide) groups is 1. The molecule has 0 bridgehead atoms. The lowest BCUT2D eigenvalue weighted by Gasteiger charge is -2.12. The molecular formula is C13H16BrClN4OS. The van der Waals surface area contributed by atoms with Crippen molar-refractivity contribution >= 4 is 56.1 Å². The monoisotopic (exact) mass is 390 g/mol. The summed E-state index contributed by atoms with van der Waals surface area (Å²) in [6.07, 6.45) is 6.69. The van der Waals surface area contributed by atoms with E-state index in [9.17, 15) is 4.79 Å². The fraction of sp³-hybridized carbons (Fsp3) is 0.308. The van der Waals surface area contributed by atoms with E-state index in [1.165, 1.54) is 6.20 Å². The van der Waals surface area contributed by atoms with Crippen LogP contribution in [0.3, 0.4) is 0 Å². The molecule has 0 fully saturated rings. The average Bonchev–Trinajstić information content (AvgIpc) is 2.43. The lowest BCUT2D eigenvalue weighted by atomic mass is 10.2. The molecule has 3 N–H and O–H groups in total. The Labute approximate surface area is 141 Å². The van der Waals surface area contributed by atoms with Crippen molar-refractivity contribution < 1.29 is 4.79 Å². The Bertz CT molecular complexity index is 553. The summed E-state index contributed by atoms with van der Waals surface area (Å²) >= 11 is 10.6. The van der Waals surface area contributed by atoms with E-state index >= 15 is 0 Å². The van der Waals surface area contributed by atoms with Crippen molar-refractivity contribution in [1.29, 1.82) is 5.41 Å². The second-order valence-electron chi connectivity index (χ2n) is 4.25. The number of halogens is 2. The molecular weight excluding hydrogens is 376 g/mol. The Balaban J connectivity index is 2.75. The average molecular weight is 392 g/mol. The Morgan fingerprint density at radius 1 is 1.62 bits per heavy atom. The quantitative estimate of drug-likeness (QED) is 0.622. The number of nitrogens with zero attached hydrogens (tertiary/aromatic N) is 1. The van der Waals surface area contributed by atoms with Gasteiger partial charge in [0.05, 0.1) is 17.6 Å². The van der Waals surface area contributed by atoms with Gasteiger partial charge in [0.2, 0.25) is 5.91 Å². The van der Waals surface area contributed by atoms with Gasteiger partial charge in [0.15, 0.2) is 0 Å². The molecule has 0 aliphatic heterocycles. The van der Waals surface area contributed by atoms with E-state index in [1.807, 2.05) is 19.2 Å². The number of allylic oxidation sites excluding steroid dienone is 1. The standard InChI is InChI=1S/C13H16BrClN4OS/c1-8(7-21-2)13(20)19-11(12(15)16)6-18-10-3-9(14)4-17-5-10/h3-6,8,16,18H,7H2,1-2H3,(H,19,20)/b11-6+,16-12?. The number of aromatic nitrogens is 1. The third-order valence-corrected chi connectivity index (χ3v) is 3.92. The van der Waals surface area contributed by atoms with Gasteiger partial charge in [-0.1, -0.05) is 18.5 Å². The first-order chi connectivity index (χ1) is 9.93. The zero-order valence-electron chi connectivity index (χ0n) is 11.6. The molecule has 0 radical (unpaired) electrons. The van der Waals surface area contributed by atoms with Crippen LogP contribution in [0.15, 0.2) is 34.8 Å². The maximum atomic E-state index is 11.9. The number of anilines is 1. The maximum Gasteiger partial charge on any atom is 0.228 e. The Hall–Kier alpha value is -1.05. The van der Waals surface area contributed by atoms with Crippen molar-refractivity contribution in [1.82, 2.24) is 10.3 Å². The number of amides is 1. The van der Waals surface area contributed by atoms with E-state index in [0.29, 0.717) is 11.4 Å². The Kier molecular flexibility index (Phi) is 7.77. The number of hydrogen-bond acceptors (Lipinski definition) is 5. The van der Waals surface area contributed by atoms with E-state index in [1.54, 1.807) is 24.2 Å². The lowest BCUT2D eigenvalue weighted by molar-refractivity contribution is -0.122. The van der Waals surface area contributed by atoms with Crippen molar-refractivity contribution in [2.24, 2.45) is 5.92 Å². The molecule has 114 valence electrons. The first kappa shape index (κ1) is 18.0. The normalized spacial score (nSPS) is 12.7. The van der Waals surface area contributed by atoms with Crippen molar-refractivity contribution in [2.75, 3.05) is 17.3 Å². The van der Waals surface area contributed by atoms with Crippen LogP contribution >= 0.6 is 39.3 Å². The van der Waals surface area contributed by atoms with Crippen molar-refractivity contribution in [3.8, 4) is 0 Å². The number of rotatable bonds is 7. The topological polar surface area (TPSA) is 77.9 Å². The molecule has 1 amide bonds. The third-order valence-electron chi connectivity index (χ3n) is 2.45.